The van der Waals surface area contributed by atoms with Crippen LogP contribution in [0.2, 0.25) is 5.02 Å². The molecule has 0 aromatic heterocycles. The minimum atomic E-state index is -0.892. The fourth-order valence-corrected chi connectivity index (χ4v) is 1.43. The first-order valence-electron chi connectivity index (χ1n) is 5.01. The second-order valence-corrected chi connectivity index (χ2v) is 4.05. The van der Waals surface area contributed by atoms with E-state index in [-0.39, 0.29) is 19.3 Å². The molecule has 4 N–H and O–H groups in total. The number of hydrogen-bond acceptors (Lipinski definition) is 4. The first-order chi connectivity index (χ1) is 7.54. The number of hydrogen-bond donors (Lipinski definition) is 3. The zero-order valence-corrected chi connectivity index (χ0v) is 9.81. The lowest BCUT2D eigenvalue weighted by Crippen LogP contribution is -2.22. The summed E-state index contributed by atoms with van der Waals surface area (Å²) in [5.41, 5.74) is 6.55. The molecule has 0 fully saturated rings. The Morgan fingerprint density at radius 1 is 1.50 bits per heavy atom. The molecule has 0 saturated heterocycles. The standard InChI is InChI=1S/C11H16ClNO3/c1-7(13)10-4-8(12)2-3-11(10)16-6-9(15)5-14/h2-4,7,9,14-15H,5-6,13H2,1H3/t7-,9?/m0/s1. The van der Waals surface area contributed by atoms with E-state index in [0.29, 0.717) is 10.8 Å². The highest BCUT2D eigenvalue weighted by Gasteiger charge is 2.10. The zero-order valence-electron chi connectivity index (χ0n) is 9.06. The van der Waals surface area contributed by atoms with Crippen LogP contribution < -0.4 is 10.5 Å². The van der Waals surface area contributed by atoms with Crippen LogP contribution in [0.5, 0.6) is 5.75 Å². The number of benzene rings is 1. The second-order valence-electron chi connectivity index (χ2n) is 3.62. The minimum absolute atomic E-state index is 0.0256. The third-order valence-electron chi connectivity index (χ3n) is 2.10. The van der Waals surface area contributed by atoms with Crippen molar-refractivity contribution in [3.63, 3.8) is 0 Å². The molecule has 4 nitrogen and oxygen atoms in total. The molecule has 0 aliphatic heterocycles. The summed E-state index contributed by atoms with van der Waals surface area (Å²) in [5, 5.41) is 18.4. The summed E-state index contributed by atoms with van der Waals surface area (Å²) in [7, 11) is 0. The summed E-state index contributed by atoms with van der Waals surface area (Å²) < 4.78 is 5.36. The van der Waals surface area contributed by atoms with Gasteiger partial charge in [0.1, 0.15) is 18.5 Å². The molecule has 90 valence electrons. The molecule has 0 amide bonds. The van der Waals surface area contributed by atoms with E-state index in [1.54, 1.807) is 18.2 Å². The van der Waals surface area contributed by atoms with Crippen molar-refractivity contribution in [3.8, 4) is 5.75 Å². The minimum Gasteiger partial charge on any atom is -0.490 e. The molecular formula is C11H16ClNO3. The molecule has 0 bridgehead atoms. The Labute approximate surface area is 99.6 Å². The smallest absolute Gasteiger partial charge is 0.124 e. The van der Waals surface area contributed by atoms with E-state index in [1.807, 2.05) is 6.92 Å². The van der Waals surface area contributed by atoms with Crippen LogP contribution in [0, 0.1) is 0 Å². The lowest BCUT2D eigenvalue weighted by Gasteiger charge is -2.15. The molecule has 0 radical (unpaired) electrons. The first-order valence-corrected chi connectivity index (χ1v) is 5.39. The van der Waals surface area contributed by atoms with Gasteiger partial charge in [0.2, 0.25) is 0 Å². The van der Waals surface area contributed by atoms with E-state index in [4.69, 9.17) is 27.2 Å². The van der Waals surface area contributed by atoms with Crippen LogP contribution in [0.15, 0.2) is 18.2 Å². The van der Waals surface area contributed by atoms with Crippen molar-refractivity contribution in [3.05, 3.63) is 28.8 Å². The third-order valence-corrected chi connectivity index (χ3v) is 2.34. The predicted octanol–water partition coefficient (Wildman–Crippen LogP) is 1.09. The Morgan fingerprint density at radius 2 is 2.19 bits per heavy atom. The number of aliphatic hydroxyl groups is 2. The topological polar surface area (TPSA) is 75.7 Å². The highest BCUT2D eigenvalue weighted by molar-refractivity contribution is 6.30. The monoisotopic (exact) mass is 245 g/mol. The van der Waals surface area contributed by atoms with Gasteiger partial charge >= 0.3 is 0 Å². The maximum atomic E-state index is 9.17. The Bertz CT molecular complexity index is 344. The average Bonchev–Trinajstić information content (AvgIpc) is 2.26. The van der Waals surface area contributed by atoms with Gasteiger partial charge in [-0.15, -0.1) is 0 Å². The van der Waals surface area contributed by atoms with Crippen molar-refractivity contribution in [1.82, 2.24) is 0 Å². The normalized spacial score (nSPS) is 14.6. The van der Waals surface area contributed by atoms with Crippen LogP contribution in [0.25, 0.3) is 0 Å². The summed E-state index contributed by atoms with van der Waals surface area (Å²) in [4.78, 5) is 0. The highest BCUT2D eigenvalue weighted by atomic mass is 35.5. The molecule has 1 aromatic carbocycles. The summed E-state index contributed by atoms with van der Waals surface area (Å²) in [6.07, 6.45) is -0.892. The quantitative estimate of drug-likeness (QED) is 0.726. The van der Waals surface area contributed by atoms with Crippen LogP contribution in [0.4, 0.5) is 0 Å². The van der Waals surface area contributed by atoms with E-state index in [9.17, 15) is 5.11 Å². The summed E-state index contributed by atoms with van der Waals surface area (Å²) in [6, 6.07) is 4.91. The summed E-state index contributed by atoms with van der Waals surface area (Å²) >= 11 is 5.85. The Balaban J connectivity index is 2.78. The SMILES string of the molecule is C[C@H](N)c1cc(Cl)ccc1OCC(O)CO. The van der Waals surface area contributed by atoms with Crippen LogP contribution in [-0.2, 0) is 0 Å². The molecule has 1 aromatic rings. The molecule has 5 heteroatoms. The lowest BCUT2D eigenvalue weighted by atomic mass is 10.1. The van der Waals surface area contributed by atoms with Crippen LogP contribution >= 0.6 is 11.6 Å². The van der Waals surface area contributed by atoms with Crippen molar-refractivity contribution in [1.29, 1.82) is 0 Å². The molecule has 0 aliphatic carbocycles. The van der Waals surface area contributed by atoms with Gasteiger partial charge in [0.15, 0.2) is 0 Å². The van der Waals surface area contributed by atoms with E-state index in [0.717, 1.165) is 5.56 Å². The number of rotatable bonds is 5. The molecule has 0 saturated carbocycles. The molecule has 0 aliphatic rings. The number of ether oxygens (including phenoxy) is 1. The van der Waals surface area contributed by atoms with Gasteiger partial charge in [-0.25, -0.2) is 0 Å². The van der Waals surface area contributed by atoms with Gasteiger partial charge in [0.05, 0.1) is 6.61 Å². The first kappa shape index (κ1) is 13.3. The second kappa shape index (κ2) is 6.06. The largest absolute Gasteiger partial charge is 0.490 e. The Morgan fingerprint density at radius 3 is 2.75 bits per heavy atom. The number of nitrogens with two attached hydrogens (primary N) is 1. The molecule has 1 rings (SSSR count). The highest BCUT2D eigenvalue weighted by Crippen LogP contribution is 2.27. The number of halogens is 1. The molecule has 16 heavy (non-hydrogen) atoms. The zero-order chi connectivity index (χ0) is 12.1. The van der Waals surface area contributed by atoms with Gasteiger partial charge in [0.25, 0.3) is 0 Å². The van der Waals surface area contributed by atoms with E-state index in [2.05, 4.69) is 0 Å². The molecular weight excluding hydrogens is 230 g/mol. The lowest BCUT2D eigenvalue weighted by molar-refractivity contribution is 0.0532. The molecule has 1 unspecified atom stereocenters. The van der Waals surface area contributed by atoms with Crippen molar-refractivity contribution < 1.29 is 14.9 Å². The van der Waals surface area contributed by atoms with Gasteiger partial charge in [-0.1, -0.05) is 11.6 Å². The van der Waals surface area contributed by atoms with E-state index in [1.165, 1.54) is 0 Å². The fourth-order valence-electron chi connectivity index (χ4n) is 1.25. The van der Waals surface area contributed by atoms with Crippen molar-refractivity contribution >= 4 is 11.6 Å². The van der Waals surface area contributed by atoms with Crippen LogP contribution in [-0.4, -0.2) is 29.5 Å². The third kappa shape index (κ3) is 3.64. The predicted molar refractivity (Wildman–Crippen MR) is 62.6 cm³/mol. The van der Waals surface area contributed by atoms with Gasteiger partial charge < -0.3 is 20.7 Å². The molecule has 2 atom stereocenters. The van der Waals surface area contributed by atoms with Crippen LogP contribution in [0.3, 0.4) is 0 Å². The van der Waals surface area contributed by atoms with Gasteiger partial charge in [-0.2, -0.15) is 0 Å². The maximum Gasteiger partial charge on any atom is 0.124 e. The maximum absolute atomic E-state index is 9.17. The van der Waals surface area contributed by atoms with Crippen molar-refractivity contribution in [2.45, 2.75) is 19.1 Å². The average molecular weight is 246 g/mol. The van der Waals surface area contributed by atoms with Crippen LogP contribution in [0.1, 0.15) is 18.5 Å². The molecule has 0 spiro atoms. The van der Waals surface area contributed by atoms with Gasteiger partial charge in [-0.05, 0) is 25.1 Å². The molecule has 0 heterocycles. The van der Waals surface area contributed by atoms with Gasteiger partial charge in [0, 0.05) is 16.6 Å². The van der Waals surface area contributed by atoms with E-state index < -0.39 is 6.10 Å². The van der Waals surface area contributed by atoms with Crippen molar-refractivity contribution in [2.24, 2.45) is 5.73 Å². The fraction of sp³-hybridized carbons (Fsp3) is 0.455. The van der Waals surface area contributed by atoms with Crippen molar-refractivity contribution in [2.75, 3.05) is 13.2 Å². The summed E-state index contributed by atoms with van der Waals surface area (Å²) in [6.45, 7) is 1.51. The summed E-state index contributed by atoms with van der Waals surface area (Å²) in [5.74, 6) is 0.576. The Kier molecular flexibility index (Phi) is 5.02. The van der Waals surface area contributed by atoms with Gasteiger partial charge in [-0.3, -0.25) is 0 Å². The Hall–Kier alpha value is -0.810. The van der Waals surface area contributed by atoms with E-state index >= 15 is 0 Å². The number of aliphatic hydroxyl groups excluding tert-OH is 2.